The van der Waals surface area contributed by atoms with E-state index in [1.807, 2.05) is 44.2 Å². The molecule has 0 unspecified atom stereocenters. The molecule has 2 aromatic carbocycles. The molecule has 0 aromatic heterocycles. The van der Waals surface area contributed by atoms with Crippen LogP contribution in [0.25, 0.3) is 0 Å². The van der Waals surface area contributed by atoms with Crippen LogP contribution in [-0.4, -0.2) is 20.1 Å². The van der Waals surface area contributed by atoms with E-state index >= 15 is 0 Å². The van der Waals surface area contributed by atoms with Crippen LogP contribution in [0.15, 0.2) is 36.4 Å². The summed E-state index contributed by atoms with van der Waals surface area (Å²) in [6, 6.07) is 11.6. The molecule has 0 atom stereocenters. The summed E-state index contributed by atoms with van der Waals surface area (Å²) in [4.78, 5) is 12.2. The van der Waals surface area contributed by atoms with Gasteiger partial charge in [-0.2, -0.15) is 0 Å². The zero-order valence-corrected chi connectivity index (χ0v) is 14.1. The number of carbonyl (C=O) groups excluding carboxylic acids is 1. The number of amides is 1. The highest BCUT2D eigenvalue weighted by Gasteiger charge is 2.10. The van der Waals surface area contributed by atoms with Gasteiger partial charge in [-0.25, -0.2) is 0 Å². The van der Waals surface area contributed by atoms with Crippen molar-refractivity contribution >= 4 is 5.91 Å². The van der Waals surface area contributed by atoms with Crippen molar-refractivity contribution in [2.45, 2.75) is 26.8 Å². The highest BCUT2D eigenvalue weighted by Crippen LogP contribution is 2.24. The molecular weight excluding hydrogens is 290 g/mol. The van der Waals surface area contributed by atoms with Gasteiger partial charge in [0, 0.05) is 12.1 Å². The van der Waals surface area contributed by atoms with E-state index in [4.69, 9.17) is 9.47 Å². The van der Waals surface area contributed by atoms with E-state index < -0.39 is 0 Å². The predicted octanol–water partition coefficient (Wildman–Crippen LogP) is 3.18. The summed E-state index contributed by atoms with van der Waals surface area (Å²) in [5.74, 6) is 1.56. The maximum atomic E-state index is 12.2. The summed E-state index contributed by atoms with van der Waals surface area (Å²) >= 11 is 0. The van der Waals surface area contributed by atoms with Gasteiger partial charge in [-0.1, -0.05) is 29.8 Å². The van der Waals surface area contributed by atoms with Crippen LogP contribution in [0.1, 0.15) is 22.3 Å². The Balaban J connectivity index is 2.02. The minimum Gasteiger partial charge on any atom is -0.497 e. The van der Waals surface area contributed by atoms with E-state index in [2.05, 4.69) is 11.4 Å². The van der Waals surface area contributed by atoms with Crippen molar-refractivity contribution in [1.82, 2.24) is 5.32 Å². The molecule has 4 heteroatoms. The van der Waals surface area contributed by atoms with Crippen LogP contribution in [0.3, 0.4) is 0 Å². The molecule has 0 spiro atoms. The molecule has 0 aliphatic heterocycles. The molecule has 0 saturated heterocycles. The Morgan fingerprint density at radius 2 is 1.87 bits per heavy atom. The number of ether oxygens (including phenoxy) is 2. The van der Waals surface area contributed by atoms with Crippen LogP contribution >= 0.6 is 0 Å². The van der Waals surface area contributed by atoms with Gasteiger partial charge in [0.25, 0.3) is 0 Å². The number of hydrogen-bond donors (Lipinski definition) is 1. The number of benzene rings is 2. The van der Waals surface area contributed by atoms with Crippen LogP contribution < -0.4 is 14.8 Å². The van der Waals surface area contributed by atoms with Gasteiger partial charge in [0.1, 0.15) is 11.5 Å². The Labute approximate surface area is 137 Å². The quantitative estimate of drug-likeness (QED) is 0.891. The van der Waals surface area contributed by atoms with Crippen molar-refractivity contribution in [2.24, 2.45) is 0 Å². The van der Waals surface area contributed by atoms with Gasteiger partial charge in [-0.15, -0.1) is 0 Å². The second-order valence-electron chi connectivity index (χ2n) is 5.58. The van der Waals surface area contributed by atoms with E-state index in [0.29, 0.717) is 13.0 Å². The molecule has 122 valence electrons. The monoisotopic (exact) mass is 313 g/mol. The van der Waals surface area contributed by atoms with Crippen LogP contribution in [0.5, 0.6) is 11.5 Å². The van der Waals surface area contributed by atoms with E-state index in [0.717, 1.165) is 33.8 Å². The molecule has 0 saturated carbocycles. The van der Waals surface area contributed by atoms with Crippen molar-refractivity contribution in [3.8, 4) is 11.5 Å². The molecule has 23 heavy (non-hydrogen) atoms. The average molecular weight is 313 g/mol. The van der Waals surface area contributed by atoms with E-state index in [-0.39, 0.29) is 5.91 Å². The maximum Gasteiger partial charge on any atom is 0.224 e. The summed E-state index contributed by atoms with van der Waals surface area (Å²) in [5.41, 5.74) is 4.14. The molecule has 2 rings (SSSR count). The number of carbonyl (C=O) groups is 1. The van der Waals surface area contributed by atoms with Crippen LogP contribution in [0.2, 0.25) is 0 Å². The number of aryl methyl sites for hydroxylation is 2. The van der Waals surface area contributed by atoms with Gasteiger partial charge in [-0.3, -0.25) is 4.79 Å². The van der Waals surface area contributed by atoms with Gasteiger partial charge < -0.3 is 14.8 Å². The number of rotatable bonds is 6. The smallest absolute Gasteiger partial charge is 0.224 e. The second-order valence-corrected chi connectivity index (χ2v) is 5.58. The first-order valence-electron chi connectivity index (χ1n) is 7.57. The molecule has 1 N–H and O–H groups in total. The fraction of sp³-hybridized carbons (Fsp3) is 0.316. The number of nitrogens with one attached hydrogen (secondary N) is 1. The molecule has 0 fully saturated rings. The molecule has 2 aromatic rings. The van der Waals surface area contributed by atoms with Crippen molar-refractivity contribution in [3.05, 3.63) is 58.7 Å². The first-order valence-corrected chi connectivity index (χ1v) is 7.57. The SMILES string of the molecule is COc1cccc(CC(=O)NCc2cc(C)cc(C)c2OC)c1. The molecular formula is C19H23NO3. The highest BCUT2D eigenvalue weighted by atomic mass is 16.5. The second kappa shape index (κ2) is 7.68. The first kappa shape index (κ1) is 16.9. The Morgan fingerprint density at radius 3 is 2.57 bits per heavy atom. The topological polar surface area (TPSA) is 47.6 Å². The Hall–Kier alpha value is -2.49. The molecule has 0 heterocycles. The lowest BCUT2D eigenvalue weighted by Crippen LogP contribution is -2.25. The van der Waals surface area contributed by atoms with E-state index in [1.54, 1.807) is 14.2 Å². The molecule has 4 nitrogen and oxygen atoms in total. The third kappa shape index (κ3) is 4.49. The van der Waals surface area contributed by atoms with E-state index in [9.17, 15) is 4.79 Å². The standard InChI is InChI=1S/C19H23NO3/c1-13-8-14(2)19(23-4)16(9-13)12-20-18(21)11-15-6-5-7-17(10-15)22-3/h5-10H,11-12H2,1-4H3,(H,20,21). The third-order valence-electron chi connectivity index (χ3n) is 3.67. The molecule has 1 amide bonds. The number of methoxy groups -OCH3 is 2. The minimum absolute atomic E-state index is 0.0283. The lowest BCUT2D eigenvalue weighted by Gasteiger charge is -2.13. The van der Waals surface area contributed by atoms with Crippen LogP contribution in [0.4, 0.5) is 0 Å². The average Bonchev–Trinajstić information content (AvgIpc) is 2.52. The fourth-order valence-electron chi connectivity index (χ4n) is 2.69. The Bertz CT molecular complexity index is 695. The van der Waals surface area contributed by atoms with Crippen molar-refractivity contribution in [1.29, 1.82) is 0 Å². The first-order chi connectivity index (χ1) is 11.0. The third-order valence-corrected chi connectivity index (χ3v) is 3.67. The van der Waals surface area contributed by atoms with Crippen molar-refractivity contribution in [2.75, 3.05) is 14.2 Å². The molecule has 0 bridgehead atoms. The van der Waals surface area contributed by atoms with Gasteiger partial charge in [0.2, 0.25) is 5.91 Å². The summed E-state index contributed by atoms with van der Waals surface area (Å²) in [7, 11) is 3.27. The predicted molar refractivity (Wildman–Crippen MR) is 91.0 cm³/mol. The Kier molecular flexibility index (Phi) is 5.63. The molecule has 0 aliphatic rings. The maximum absolute atomic E-state index is 12.2. The summed E-state index contributed by atoms with van der Waals surface area (Å²) in [6.07, 6.45) is 0.324. The van der Waals surface area contributed by atoms with Crippen molar-refractivity contribution in [3.63, 3.8) is 0 Å². The zero-order chi connectivity index (χ0) is 16.8. The molecule has 0 radical (unpaired) electrons. The normalized spacial score (nSPS) is 10.3. The highest BCUT2D eigenvalue weighted by molar-refractivity contribution is 5.78. The van der Waals surface area contributed by atoms with Gasteiger partial charge in [-0.05, 0) is 37.1 Å². The largest absolute Gasteiger partial charge is 0.497 e. The summed E-state index contributed by atoms with van der Waals surface area (Å²) in [6.45, 7) is 4.50. The fourth-order valence-corrected chi connectivity index (χ4v) is 2.69. The lowest BCUT2D eigenvalue weighted by atomic mass is 10.1. The Morgan fingerprint density at radius 1 is 1.09 bits per heavy atom. The lowest BCUT2D eigenvalue weighted by molar-refractivity contribution is -0.120. The summed E-state index contributed by atoms with van der Waals surface area (Å²) in [5, 5.41) is 2.95. The van der Waals surface area contributed by atoms with Crippen molar-refractivity contribution < 1.29 is 14.3 Å². The van der Waals surface area contributed by atoms with Gasteiger partial charge in [0.05, 0.1) is 20.6 Å². The molecule has 0 aliphatic carbocycles. The van der Waals surface area contributed by atoms with Crippen LogP contribution in [-0.2, 0) is 17.8 Å². The zero-order valence-electron chi connectivity index (χ0n) is 14.1. The van der Waals surface area contributed by atoms with E-state index in [1.165, 1.54) is 0 Å². The van der Waals surface area contributed by atoms with Crippen LogP contribution in [0, 0.1) is 13.8 Å². The van der Waals surface area contributed by atoms with Gasteiger partial charge >= 0.3 is 0 Å². The van der Waals surface area contributed by atoms with Gasteiger partial charge in [0.15, 0.2) is 0 Å². The summed E-state index contributed by atoms with van der Waals surface area (Å²) < 4.78 is 10.6. The number of hydrogen-bond acceptors (Lipinski definition) is 3. The minimum atomic E-state index is -0.0283.